The summed E-state index contributed by atoms with van der Waals surface area (Å²) < 4.78 is 33.6. The molecule has 0 saturated carbocycles. The zero-order valence-corrected chi connectivity index (χ0v) is 12.1. The van der Waals surface area contributed by atoms with Crippen LogP contribution in [0.1, 0.15) is 12.8 Å². The van der Waals surface area contributed by atoms with Crippen LogP contribution in [0.2, 0.25) is 0 Å². The molecule has 2 fully saturated rings. The summed E-state index contributed by atoms with van der Waals surface area (Å²) in [4.78, 5) is 0. The molecule has 0 N–H and O–H groups in total. The van der Waals surface area contributed by atoms with E-state index in [9.17, 15) is 8.42 Å². The van der Waals surface area contributed by atoms with E-state index < -0.39 is 10.0 Å². The van der Waals surface area contributed by atoms with Crippen molar-refractivity contribution in [1.29, 1.82) is 0 Å². The first-order valence-electron chi connectivity index (χ1n) is 5.58. The first-order valence-corrected chi connectivity index (χ1v) is 8.05. The first-order chi connectivity index (χ1) is 7.60. The smallest absolute Gasteiger partial charge is 0.217 e. The largest absolute Gasteiger partial charge is 0.381 e. The van der Waals surface area contributed by atoms with Crippen LogP contribution in [0.15, 0.2) is 0 Å². The summed E-state index contributed by atoms with van der Waals surface area (Å²) in [6, 6.07) is 0. The Bertz CT molecular complexity index is 322. The number of sulfonamides is 1. The topological polar surface area (TPSA) is 49.9 Å². The third kappa shape index (κ3) is 2.87. The van der Waals surface area contributed by atoms with Crippen molar-refractivity contribution in [2.24, 2.45) is 0 Å². The van der Waals surface area contributed by atoms with Gasteiger partial charge in [-0.05, 0) is 12.8 Å². The van der Waals surface area contributed by atoms with E-state index in [-0.39, 0.29) is 5.25 Å². The lowest BCUT2D eigenvalue weighted by Crippen LogP contribution is -2.49. The lowest BCUT2D eigenvalue weighted by atomic mass is 10.2. The fraction of sp³-hybridized carbons (Fsp3) is 1.00. The van der Waals surface area contributed by atoms with Crippen molar-refractivity contribution in [3.63, 3.8) is 0 Å². The molecule has 0 bridgehead atoms. The minimum atomic E-state index is -3.09. The van der Waals surface area contributed by atoms with Crippen LogP contribution in [-0.2, 0) is 14.8 Å². The van der Waals surface area contributed by atoms with E-state index in [1.54, 1.807) is 4.31 Å². The van der Waals surface area contributed by atoms with Crippen molar-refractivity contribution in [2.45, 2.75) is 18.1 Å². The maximum atomic E-state index is 12.3. The van der Waals surface area contributed by atoms with Crippen molar-refractivity contribution < 1.29 is 13.2 Å². The summed E-state index contributed by atoms with van der Waals surface area (Å²) in [6.45, 7) is 4.06. The maximum Gasteiger partial charge on any atom is 0.217 e. The van der Waals surface area contributed by atoms with Crippen LogP contribution in [0.3, 0.4) is 0 Å². The van der Waals surface area contributed by atoms with Gasteiger partial charge < -0.3 is 4.74 Å². The van der Waals surface area contributed by atoms with E-state index in [0.29, 0.717) is 39.1 Å². The molecule has 5 nitrogen and oxygen atoms in total. The van der Waals surface area contributed by atoms with Crippen LogP contribution in [0.4, 0.5) is 0 Å². The number of ether oxygens (including phenoxy) is 1. The fourth-order valence-corrected chi connectivity index (χ4v) is 4.42. The zero-order chi connectivity index (χ0) is 11.6. The van der Waals surface area contributed by atoms with Gasteiger partial charge >= 0.3 is 0 Å². The lowest BCUT2D eigenvalue weighted by Gasteiger charge is -2.34. The lowest BCUT2D eigenvalue weighted by molar-refractivity contribution is 0.0969. The molecule has 0 aromatic rings. The van der Waals surface area contributed by atoms with Gasteiger partial charge in [-0.3, -0.25) is 0 Å². The zero-order valence-electron chi connectivity index (χ0n) is 9.14. The molecule has 0 radical (unpaired) electrons. The molecule has 7 heteroatoms. The van der Waals surface area contributed by atoms with Crippen molar-refractivity contribution in [1.82, 2.24) is 7.42 Å². The number of rotatable bonds is 2. The Kier molecular flexibility index (Phi) is 4.44. The second-order valence-corrected chi connectivity index (χ2v) is 7.74. The predicted octanol–water partition coefficient (Wildman–Crippen LogP) is 0.463. The normalized spacial score (nSPS) is 27.1. The summed E-state index contributed by atoms with van der Waals surface area (Å²) in [5, 5.41) is -0.220. The number of halogens is 1. The van der Waals surface area contributed by atoms with E-state index in [1.165, 1.54) is 0 Å². The average molecular weight is 360 g/mol. The van der Waals surface area contributed by atoms with Gasteiger partial charge in [0.15, 0.2) is 0 Å². The minimum absolute atomic E-state index is 0.220. The quantitative estimate of drug-likeness (QED) is 0.531. The van der Waals surface area contributed by atoms with Gasteiger partial charge in [-0.2, -0.15) is 4.31 Å². The highest BCUT2D eigenvalue weighted by atomic mass is 127. The molecule has 0 aromatic heterocycles. The molecule has 0 amide bonds. The van der Waals surface area contributed by atoms with Crippen LogP contribution >= 0.6 is 22.9 Å². The van der Waals surface area contributed by atoms with Crippen LogP contribution in [0.5, 0.6) is 0 Å². The molecular formula is C9H17IN2O3S. The van der Waals surface area contributed by atoms with Gasteiger partial charge in [0.1, 0.15) is 0 Å². The van der Waals surface area contributed by atoms with Gasteiger partial charge in [-0.15, -0.1) is 0 Å². The molecule has 2 heterocycles. The first kappa shape index (κ1) is 13.0. The number of hydrogen-bond acceptors (Lipinski definition) is 4. The minimum Gasteiger partial charge on any atom is -0.381 e. The molecule has 16 heavy (non-hydrogen) atoms. The Hall–Kier alpha value is 0.560. The molecule has 0 spiro atoms. The molecule has 2 aliphatic heterocycles. The van der Waals surface area contributed by atoms with Crippen molar-refractivity contribution >= 4 is 32.9 Å². The Morgan fingerprint density at radius 1 is 1.06 bits per heavy atom. The SMILES string of the molecule is O=S(=O)(C1CCOCC1)N1CCN(I)CC1. The third-order valence-corrected chi connectivity index (χ3v) is 6.50. The van der Waals surface area contributed by atoms with Crippen LogP contribution in [-0.4, -0.2) is 60.5 Å². The Morgan fingerprint density at radius 3 is 2.19 bits per heavy atom. The van der Waals surface area contributed by atoms with Gasteiger partial charge in [-0.25, -0.2) is 11.5 Å². The van der Waals surface area contributed by atoms with Crippen molar-refractivity contribution in [3.05, 3.63) is 0 Å². The van der Waals surface area contributed by atoms with E-state index in [0.717, 1.165) is 13.1 Å². The van der Waals surface area contributed by atoms with Gasteiger partial charge in [0, 0.05) is 62.3 Å². The average Bonchev–Trinajstić information content (AvgIpc) is 2.31. The van der Waals surface area contributed by atoms with E-state index in [1.807, 2.05) is 0 Å². The molecule has 0 atom stereocenters. The Morgan fingerprint density at radius 2 is 1.62 bits per heavy atom. The number of piperazine rings is 1. The number of nitrogens with zero attached hydrogens (tertiary/aromatic N) is 2. The van der Waals surface area contributed by atoms with Crippen LogP contribution in [0, 0.1) is 0 Å². The molecule has 0 unspecified atom stereocenters. The summed E-state index contributed by atoms with van der Waals surface area (Å²) in [7, 11) is -3.09. The maximum absolute atomic E-state index is 12.3. The second-order valence-electron chi connectivity index (χ2n) is 4.17. The molecule has 2 saturated heterocycles. The number of hydrogen-bond donors (Lipinski definition) is 0. The monoisotopic (exact) mass is 360 g/mol. The van der Waals surface area contributed by atoms with Crippen molar-refractivity contribution in [2.75, 3.05) is 39.4 Å². The Labute approximate surface area is 111 Å². The summed E-state index contributed by atoms with van der Waals surface area (Å²) in [6.07, 6.45) is 1.29. The highest BCUT2D eigenvalue weighted by Gasteiger charge is 2.34. The van der Waals surface area contributed by atoms with E-state index in [2.05, 4.69) is 26.0 Å². The summed E-state index contributed by atoms with van der Waals surface area (Å²) in [5.74, 6) is 0. The van der Waals surface area contributed by atoms with E-state index in [4.69, 9.17) is 4.74 Å². The third-order valence-electron chi connectivity index (χ3n) is 3.13. The molecule has 2 rings (SSSR count). The molecular weight excluding hydrogens is 343 g/mol. The van der Waals surface area contributed by atoms with Crippen molar-refractivity contribution in [3.8, 4) is 0 Å². The predicted molar refractivity (Wildman–Crippen MR) is 69.9 cm³/mol. The van der Waals surface area contributed by atoms with Gasteiger partial charge in [0.25, 0.3) is 0 Å². The highest BCUT2D eigenvalue weighted by molar-refractivity contribution is 14.1. The van der Waals surface area contributed by atoms with E-state index >= 15 is 0 Å². The standard InChI is InChI=1S/C9H17IN2O3S/c10-11-3-5-12(6-4-11)16(13,14)9-1-7-15-8-2-9/h9H,1-8H2. The molecule has 2 aliphatic rings. The van der Waals surface area contributed by atoms with Crippen LogP contribution in [0.25, 0.3) is 0 Å². The van der Waals surface area contributed by atoms with Gasteiger partial charge in [-0.1, -0.05) is 0 Å². The summed E-state index contributed by atoms with van der Waals surface area (Å²) in [5.41, 5.74) is 0. The summed E-state index contributed by atoms with van der Waals surface area (Å²) >= 11 is 2.24. The van der Waals surface area contributed by atoms with Crippen LogP contribution < -0.4 is 0 Å². The molecule has 0 aromatic carbocycles. The Balaban J connectivity index is 2.00. The fourth-order valence-electron chi connectivity index (χ4n) is 2.10. The highest BCUT2D eigenvalue weighted by Crippen LogP contribution is 2.21. The van der Waals surface area contributed by atoms with Gasteiger partial charge in [0.2, 0.25) is 10.0 Å². The molecule has 0 aliphatic carbocycles. The van der Waals surface area contributed by atoms with Gasteiger partial charge in [0.05, 0.1) is 5.25 Å². The second kappa shape index (κ2) is 5.47. The molecule has 94 valence electrons.